The molecule has 0 N–H and O–H groups in total. The lowest BCUT2D eigenvalue weighted by atomic mass is 9.76. The molecule has 154 valence electrons. The summed E-state index contributed by atoms with van der Waals surface area (Å²) >= 11 is 0. The average Bonchev–Trinajstić information content (AvgIpc) is 2.87. The maximum atomic E-state index is 12.2. The summed E-state index contributed by atoms with van der Waals surface area (Å²) in [7, 11) is 1.94. The molecule has 0 aromatic heterocycles. The topological polar surface area (TPSA) is 81.9 Å². The van der Waals surface area contributed by atoms with Crippen LogP contribution in [0.3, 0.4) is 0 Å². The van der Waals surface area contributed by atoms with Gasteiger partial charge in [0.1, 0.15) is 0 Å². The van der Waals surface area contributed by atoms with Gasteiger partial charge < -0.3 is 14.4 Å². The van der Waals surface area contributed by atoms with Crippen LogP contribution in [0.1, 0.15) is 31.9 Å². The number of rotatable bonds is 3. The molecule has 2 aromatic carbocycles. The first-order valence-corrected chi connectivity index (χ1v) is 9.50. The highest BCUT2D eigenvalue weighted by atomic mass is 16.6. The molecular weight excluding hydrogens is 384 g/mol. The Morgan fingerprint density at radius 2 is 1.97 bits per heavy atom. The molecule has 0 amide bonds. The van der Waals surface area contributed by atoms with Gasteiger partial charge in [-0.25, -0.2) is 4.79 Å². The number of carbonyl (C=O) groups excluding carboxylic acids is 1. The van der Waals surface area contributed by atoms with Gasteiger partial charge >= 0.3 is 5.97 Å². The van der Waals surface area contributed by atoms with Crippen LogP contribution >= 0.6 is 0 Å². The fraction of sp³-hybridized carbons (Fsp3) is 0.261. The Morgan fingerprint density at radius 1 is 1.27 bits per heavy atom. The minimum Gasteiger partial charge on any atom is -0.459 e. The summed E-state index contributed by atoms with van der Waals surface area (Å²) in [5, 5.41) is 11.4. The van der Waals surface area contributed by atoms with Crippen molar-refractivity contribution in [1.29, 1.82) is 0 Å². The number of nitro groups is 1. The van der Waals surface area contributed by atoms with Crippen LogP contribution in [0.2, 0.25) is 0 Å². The SMILES string of the molecule is C=C(C)C(=O)Oc1cc([N+](=O)[O-])cc2c1OC1(C=C2)N(C)c2ccccc2C1(C)C. The molecule has 0 saturated heterocycles. The van der Waals surface area contributed by atoms with Crippen LogP contribution in [-0.4, -0.2) is 23.7 Å². The summed E-state index contributed by atoms with van der Waals surface area (Å²) in [4.78, 5) is 25.1. The Labute approximate surface area is 174 Å². The molecule has 7 nitrogen and oxygen atoms in total. The number of anilines is 1. The molecule has 2 heterocycles. The van der Waals surface area contributed by atoms with Gasteiger partial charge in [0.15, 0.2) is 11.5 Å². The Hall–Kier alpha value is -3.61. The first-order valence-electron chi connectivity index (χ1n) is 9.50. The zero-order chi connectivity index (χ0) is 21.8. The Morgan fingerprint density at radius 3 is 2.60 bits per heavy atom. The van der Waals surface area contributed by atoms with Crippen molar-refractivity contribution in [3.8, 4) is 11.5 Å². The quantitative estimate of drug-likeness (QED) is 0.243. The second-order valence-corrected chi connectivity index (χ2v) is 8.12. The molecule has 1 spiro atoms. The van der Waals surface area contributed by atoms with Crippen LogP contribution in [0, 0.1) is 10.1 Å². The molecule has 1 atom stereocenters. The number of esters is 1. The van der Waals surface area contributed by atoms with Gasteiger partial charge in [0.25, 0.3) is 5.69 Å². The van der Waals surface area contributed by atoms with Gasteiger partial charge in [0.05, 0.1) is 16.4 Å². The first-order chi connectivity index (χ1) is 14.1. The number of likely N-dealkylation sites (N-methyl/N-ethyl adjacent to an activating group) is 1. The highest BCUT2D eigenvalue weighted by Gasteiger charge is 2.58. The van der Waals surface area contributed by atoms with E-state index in [9.17, 15) is 14.9 Å². The molecule has 0 radical (unpaired) electrons. The minimum absolute atomic E-state index is 0.00363. The third-order valence-corrected chi connectivity index (χ3v) is 5.91. The van der Waals surface area contributed by atoms with Crippen LogP contribution in [-0.2, 0) is 10.2 Å². The molecular formula is C23H22N2O5. The monoisotopic (exact) mass is 406 g/mol. The van der Waals surface area contributed by atoms with Crippen molar-refractivity contribution in [1.82, 2.24) is 0 Å². The number of fused-ring (bicyclic) bond motifs is 2. The zero-order valence-corrected chi connectivity index (χ0v) is 17.3. The molecule has 0 saturated carbocycles. The number of carbonyl (C=O) groups is 1. The highest BCUT2D eigenvalue weighted by Crippen LogP contribution is 2.55. The molecule has 2 aliphatic heterocycles. The number of non-ortho nitro benzene ring substituents is 1. The van der Waals surface area contributed by atoms with E-state index in [0.717, 1.165) is 11.3 Å². The number of ether oxygens (including phenoxy) is 2. The summed E-state index contributed by atoms with van der Waals surface area (Å²) in [6, 6.07) is 10.7. The summed E-state index contributed by atoms with van der Waals surface area (Å²) < 4.78 is 12.0. The van der Waals surface area contributed by atoms with E-state index in [2.05, 4.69) is 26.5 Å². The highest BCUT2D eigenvalue weighted by molar-refractivity contribution is 5.90. The smallest absolute Gasteiger partial charge is 0.338 e. The predicted octanol–water partition coefficient (Wildman–Crippen LogP) is 4.61. The van der Waals surface area contributed by atoms with Crippen LogP contribution in [0.5, 0.6) is 11.5 Å². The average molecular weight is 406 g/mol. The lowest BCUT2D eigenvalue weighted by molar-refractivity contribution is -0.385. The molecule has 0 fully saturated rings. The van der Waals surface area contributed by atoms with Crippen molar-refractivity contribution in [2.24, 2.45) is 0 Å². The van der Waals surface area contributed by atoms with Gasteiger partial charge in [-0.1, -0.05) is 24.8 Å². The number of hydrogen-bond donors (Lipinski definition) is 0. The van der Waals surface area contributed by atoms with Crippen molar-refractivity contribution >= 4 is 23.4 Å². The summed E-state index contributed by atoms with van der Waals surface area (Å²) in [5.41, 5.74) is 1.25. The van der Waals surface area contributed by atoms with E-state index >= 15 is 0 Å². The Balaban J connectivity index is 1.88. The van der Waals surface area contributed by atoms with Gasteiger partial charge in [-0.15, -0.1) is 0 Å². The van der Waals surface area contributed by atoms with Crippen molar-refractivity contribution in [2.45, 2.75) is 31.9 Å². The molecule has 7 heteroatoms. The van der Waals surface area contributed by atoms with E-state index in [1.54, 1.807) is 6.08 Å². The maximum absolute atomic E-state index is 12.2. The van der Waals surface area contributed by atoms with Crippen LogP contribution in [0.4, 0.5) is 11.4 Å². The van der Waals surface area contributed by atoms with Crippen LogP contribution in [0.15, 0.2) is 54.6 Å². The van der Waals surface area contributed by atoms with Gasteiger partial charge in [0.2, 0.25) is 5.72 Å². The third kappa shape index (κ3) is 2.62. The molecule has 2 aliphatic rings. The van der Waals surface area contributed by atoms with Crippen LogP contribution in [0.25, 0.3) is 6.08 Å². The molecule has 4 rings (SSSR count). The largest absolute Gasteiger partial charge is 0.459 e. The van der Waals surface area contributed by atoms with E-state index in [1.165, 1.54) is 19.1 Å². The minimum atomic E-state index is -0.899. The number of hydrogen-bond acceptors (Lipinski definition) is 6. The van der Waals surface area contributed by atoms with E-state index in [-0.39, 0.29) is 22.8 Å². The zero-order valence-electron chi connectivity index (χ0n) is 17.3. The third-order valence-electron chi connectivity index (χ3n) is 5.91. The summed E-state index contributed by atoms with van der Waals surface area (Å²) in [5.74, 6) is -0.395. The standard InChI is InChI=1S/C23H22N2O5/c1-14(2)21(26)29-19-13-16(25(27)28)12-15-10-11-23(30-20(15)19)22(3,4)17-8-6-7-9-18(17)24(23)5/h6-13H,1H2,2-5H3. The van der Waals surface area contributed by atoms with E-state index in [0.29, 0.717) is 5.56 Å². The molecule has 1 unspecified atom stereocenters. The van der Waals surface area contributed by atoms with Gasteiger partial charge in [-0.2, -0.15) is 0 Å². The number of para-hydroxylation sites is 1. The van der Waals surface area contributed by atoms with Gasteiger partial charge in [-0.3, -0.25) is 10.1 Å². The molecule has 0 bridgehead atoms. The van der Waals surface area contributed by atoms with E-state index in [4.69, 9.17) is 9.47 Å². The van der Waals surface area contributed by atoms with Crippen LogP contribution < -0.4 is 14.4 Å². The van der Waals surface area contributed by atoms with Gasteiger partial charge in [0, 0.05) is 29.9 Å². The number of nitrogens with zero attached hydrogens (tertiary/aromatic N) is 2. The van der Waals surface area contributed by atoms with E-state index in [1.807, 2.05) is 36.2 Å². The maximum Gasteiger partial charge on any atom is 0.338 e. The van der Waals surface area contributed by atoms with Crippen molar-refractivity contribution in [3.63, 3.8) is 0 Å². The Kier molecular flexibility index (Phi) is 4.23. The molecule has 30 heavy (non-hydrogen) atoms. The molecule has 2 aromatic rings. The number of benzene rings is 2. The Bertz CT molecular complexity index is 1130. The van der Waals surface area contributed by atoms with E-state index < -0.39 is 22.0 Å². The fourth-order valence-electron chi connectivity index (χ4n) is 4.20. The second-order valence-electron chi connectivity index (χ2n) is 8.12. The van der Waals surface area contributed by atoms with Crippen molar-refractivity contribution < 1.29 is 19.2 Å². The summed E-state index contributed by atoms with van der Waals surface area (Å²) in [6.07, 6.45) is 3.69. The summed E-state index contributed by atoms with van der Waals surface area (Å²) in [6.45, 7) is 9.25. The molecule has 0 aliphatic carbocycles. The lowest BCUT2D eigenvalue weighted by Gasteiger charge is -2.45. The second kappa shape index (κ2) is 6.45. The fourth-order valence-corrected chi connectivity index (χ4v) is 4.20. The number of nitro benzene ring substituents is 1. The normalized spacial score (nSPS) is 20.3. The van der Waals surface area contributed by atoms with Crippen molar-refractivity contribution in [3.05, 3.63) is 75.9 Å². The lowest BCUT2D eigenvalue weighted by Crippen LogP contribution is -2.58. The first kappa shape index (κ1) is 19.7. The van der Waals surface area contributed by atoms with Crippen molar-refractivity contribution in [2.75, 3.05) is 11.9 Å². The van der Waals surface area contributed by atoms with Gasteiger partial charge in [-0.05, 0) is 44.6 Å². The predicted molar refractivity (Wildman–Crippen MR) is 114 cm³/mol.